The van der Waals surface area contributed by atoms with Crippen LogP contribution in [0.3, 0.4) is 0 Å². The van der Waals surface area contributed by atoms with E-state index in [1.54, 1.807) is 0 Å². The van der Waals surface area contributed by atoms with E-state index in [-0.39, 0.29) is 30.2 Å². The lowest BCUT2D eigenvalue weighted by Gasteiger charge is -2.27. The van der Waals surface area contributed by atoms with E-state index in [0.717, 1.165) is 11.1 Å². The Morgan fingerprint density at radius 1 is 0.793 bits per heavy atom. The molecule has 0 amide bonds. The van der Waals surface area contributed by atoms with Crippen LogP contribution in [0, 0.1) is 0 Å². The molecule has 4 rings (SSSR count). The molecule has 2 aromatic rings. The Morgan fingerprint density at radius 2 is 1.21 bits per heavy atom. The van der Waals surface area contributed by atoms with Gasteiger partial charge in [-0.2, -0.15) is 0 Å². The average Bonchev–Trinajstić information content (AvgIpc) is 2.99. The van der Waals surface area contributed by atoms with Crippen LogP contribution in [0.25, 0.3) is 0 Å². The molecule has 0 N–H and O–H groups in total. The highest BCUT2D eigenvalue weighted by molar-refractivity contribution is 5.80. The Morgan fingerprint density at radius 3 is 1.62 bits per heavy atom. The van der Waals surface area contributed by atoms with Crippen molar-refractivity contribution in [1.82, 2.24) is 0 Å². The summed E-state index contributed by atoms with van der Waals surface area (Å²) in [5, 5.41) is 0. The van der Waals surface area contributed by atoms with E-state index in [1.807, 2.05) is 74.5 Å². The number of carbonyl (C=O) groups is 1. The van der Waals surface area contributed by atoms with Gasteiger partial charge in [-0.1, -0.05) is 60.7 Å². The van der Waals surface area contributed by atoms with E-state index in [9.17, 15) is 4.79 Å². The summed E-state index contributed by atoms with van der Waals surface area (Å²) in [6.45, 7) is 4.65. The third kappa shape index (κ3) is 5.11. The maximum Gasteiger partial charge on any atom is 0.164 e. The first-order chi connectivity index (χ1) is 14.0. The minimum Gasteiger partial charge on any atom is -0.370 e. The number of ether oxygens (including phenoxy) is 4. The first kappa shape index (κ1) is 20.2. The SMILES string of the molecule is CC1(C)O[C@@H]2[C@H](O1)[C@@H](OCc1ccccc1)CC(=O)C[C@H]2OCc1ccccc1. The highest BCUT2D eigenvalue weighted by atomic mass is 16.8. The molecule has 1 aliphatic carbocycles. The minimum atomic E-state index is -0.738. The molecule has 0 radical (unpaired) electrons. The van der Waals surface area contributed by atoms with Crippen LogP contribution in [0.2, 0.25) is 0 Å². The molecule has 2 fully saturated rings. The zero-order valence-corrected chi connectivity index (χ0v) is 17.0. The summed E-state index contributed by atoms with van der Waals surface area (Å²) in [5.41, 5.74) is 2.13. The third-order valence-corrected chi connectivity index (χ3v) is 5.37. The van der Waals surface area contributed by atoms with Crippen molar-refractivity contribution in [2.75, 3.05) is 0 Å². The monoisotopic (exact) mass is 396 g/mol. The first-order valence-corrected chi connectivity index (χ1v) is 10.2. The number of hydrogen-bond acceptors (Lipinski definition) is 5. The number of benzene rings is 2. The van der Waals surface area contributed by atoms with Gasteiger partial charge in [-0.3, -0.25) is 4.79 Å². The summed E-state index contributed by atoms with van der Waals surface area (Å²) in [6, 6.07) is 19.9. The molecule has 0 bridgehead atoms. The van der Waals surface area contributed by atoms with Gasteiger partial charge in [-0.15, -0.1) is 0 Å². The highest BCUT2D eigenvalue weighted by Crippen LogP contribution is 2.38. The maximum absolute atomic E-state index is 12.6. The van der Waals surface area contributed by atoms with Crippen molar-refractivity contribution >= 4 is 5.78 Å². The number of fused-ring (bicyclic) bond motifs is 1. The molecule has 5 heteroatoms. The van der Waals surface area contributed by atoms with Crippen LogP contribution in [0.5, 0.6) is 0 Å². The molecule has 0 spiro atoms. The summed E-state index contributed by atoms with van der Waals surface area (Å²) in [5.74, 6) is -0.626. The molecule has 4 atom stereocenters. The molecular formula is C24H28O5. The number of rotatable bonds is 6. The Balaban J connectivity index is 1.48. The van der Waals surface area contributed by atoms with E-state index in [2.05, 4.69) is 0 Å². The van der Waals surface area contributed by atoms with Crippen molar-refractivity contribution in [2.45, 2.75) is 70.1 Å². The number of Topliss-reactive ketones (excluding diaryl/α,β-unsaturated/α-hetero) is 1. The maximum atomic E-state index is 12.6. The molecule has 1 heterocycles. The topological polar surface area (TPSA) is 54.0 Å². The number of hydrogen-bond donors (Lipinski definition) is 0. The van der Waals surface area contributed by atoms with Crippen molar-refractivity contribution in [3.63, 3.8) is 0 Å². The predicted molar refractivity (Wildman–Crippen MR) is 108 cm³/mol. The molecule has 5 nitrogen and oxygen atoms in total. The second kappa shape index (κ2) is 8.76. The van der Waals surface area contributed by atoms with Crippen LogP contribution in [0.4, 0.5) is 0 Å². The molecule has 29 heavy (non-hydrogen) atoms. The minimum absolute atomic E-state index is 0.112. The Kier molecular flexibility index (Phi) is 6.11. The summed E-state index contributed by atoms with van der Waals surface area (Å²) in [6.07, 6.45) is -0.807. The van der Waals surface area contributed by atoms with Crippen LogP contribution in [-0.4, -0.2) is 36.0 Å². The van der Waals surface area contributed by atoms with Crippen molar-refractivity contribution in [3.05, 3.63) is 71.8 Å². The smallest absolute Gasteiger partial charge is 0.164 e. The molecule has 1 saturated carbocycles. The molecule has 154 valence electrons. The Bertz CT molecular complexity index is 739. The standard InChI is InChI=1S/C24H28O5/c1-24(2)28-22-20(26-15-17-9-5-3-6-10-17)13-19(25)14-21(23(22)29-24)27-16-18-11-7-4-8-12-18/h3-12,20-23H,13-16H2,1-2H3/t20-,21+,22+,23-. The summed E-state index contributed by atoms with van der Waals surface area (Å²) < 4.78 is 24.7. The van der Waals surface area contributed by atoms with Crippen molar-refractivity contribution < 1.29 is 23.7 Å². The average molecular weight is 396 g/mol. The summed E-state index contributed by atoms with van der Waals surface area (Å²) in [4.78, 5) is 12.6. The molecule has 1 saturated heterocycles. The van der Waals surface area contributed by atoms with Crippen molar-refractivity contribution in [2.24, 2.45) is 0 Å². The lowest BCUT2D eigenvalue weighted by molar-refractivity contribution is -0.172. The van der Waals surface area contributed by atoms with Gasteiger partial charge in [-0.05, 0) is 25.0 Å². The van der Waals surface area contributed by atoms with Crippen LogP contribution < -0.4 is 0 Å². The van der Waals surface area contributed by atoms with Gasteiger partial charge in [0.1, 0.15) is 18.0 Å². The van der Waals surface area contributed by atoms with Gasteiger partial charge in [-0.25, -0.2) is 0 Å². The van der Waals surface area contributed by atoms with Gasteiger partial charge < -0.3 is 18.9 Å². The third-order valence-electron chi connectivity index (χ3n) is 5.37. The molecular weight excluding hydrogens is 368 g/mol. The van der Waals surface area contributed by atoms with Gasteiger partial charge in [0.2, 0.25) is 0 Å². The van der Waals surface area contributed by atoms with Gasteiger partial charge >= 0.3 is 0 Å². The fraction of sp³-hybridized carbons (Fsp3) is 0.458. The lowest BCUT2D eigenvalue weighted by atomic mass is 10.0. The second-order valence-corrected chi connectivity index (χ2v) is 8.18. The molecule has 2 aromatic carbocycles. The van der Waals surface area contributed by atoms with E-state index >= 15 is 0 Å². The van der Waals surface area contributed by atoms with Crippen molar-refractivity contribution in [3.8, 4) is 0 Å². The lowest BCUT2D eigenvalue weighted by Crippen LogP contribution is -2.42. The zero-order chi connectivity index (χ0) is 20.3. The van der Waals surface area contributed by atoms with E-state index in [0.29, 0.717) is 26.1 Å². The molecule has 1 aliphatic heterocycles. The fourth-order valence-corrected chi connectivity index (χ4v) is 4.02. The van der Waals surface area contributed by atoms with Gasteiger partial charge in [0.15, 0.2) is 5.79 Å². The zero-order valence-electron chi connectivity index (χ0n) is 17.0. The normalized spacial score (nSPS) is 28.7. The van der Waals surface area contributed by atoms with Crippen LogP contribution in [0.15, 0.2) is 60.7 Å². The Labute approximate surface area is 171 Å². The summed E-state index contributed by atoms with van der Waals surface area (Å²) in [7, 11) is 0. The molecule has 0 aromatic heterocycles. The number of ketones is 1. The van der Waals surface area contributed by atoms with Crippen LogP contribution >= 0.6 is 0 Å². The second-order valence-electron chi connectivity index (χ2n) is 8.18. The van der Waals surface area contributed by atoms with Crippen LogP contribution in [0.1, 0.15) is 37.8 Å². The van der Waals surface area contributed by atoms with Gasteiger partial charge in [0.05, 0.1) is 25.4 Å². The highest BCUT2D eigenvalue weighted by Gasteiger charge is 2.52. The van der Waals surface area contributed by atoms with E-state index < -0.39 is 5.79 Å². The quantitative estimate of drug-likeness (QED) is 0.738. The fourth-order valence-electron chi connectivity index (χ4n) is 4.02. The molecule has 2 aliphatic rings. The van der Waals surface area contributed by atoms with E-state index in [1.165, 1.54) is 0 Å². The van der Waals surface area contributed by atoms with Gasteiger partial charge in [0.25, 0.3) is 0 Å². The predicted octanol–water partition coefficient (Wildman–Crippen LogP) is 4.04. The molecule has 0 unspecified atom stereocenters. The Hall–Kier alpha value is -2.05. The first-order valence-electron chi connectivity index (χ1n) is 10.2. The summed E-state index contributed by atoms with van der Waals surface area (Å²) >= 11 is 0. The van der Waals surface area contributed by atoms with E-state index in [4.69, 9.17) is 18.9 Å². The largest absolute Gasteiger partial charge is 0.370 e. The number of carbonyl (C=O) groups excluding carboxylic acids is 1. The van der Waals surface area contributed by atoms with Crippen molar-refractivity contribution in [1.29, 1.82) is 0 Å². The van der Waals surface area contributed by atoms with Crippen LogP contribution in [-0.2, 0) is 37.0 Å². The van der Waals surface area contributed by atoms with Gasteiger partial charge in [0, 0.05) is 12.8 Å².